The molecule has 0 aliphatic carbocycles. The highest BCUT2D eigenvalue weighted by Crippen LogP contribution is 2.48. The Morgan fingerprint density at radius 1 is 0.560 bits per heavy atom. The Bertz CT molecular complexity index is 1070. The maximum absolute atomic E-state index is 4.51. The van der Waals surface area contributed by atoms with E-state index in [0.29, 0.717) is 0 Å². The number of pyridine rings is 1. The quantitative estimate of drug-likeness (QED) is 0.344. The highest BCUT2D eigenvalue weighted by Gasteiger charge is 2.19. The van der Waals surface area contributed by atoms with Gasteiger partial charge in [-0.05, 0) is 52.6 Å². The van der Waals surface area contributed by atoms with Crippen LogP contribution in [-0.2, 0) is 0 Å². The molecule has 0 bridgehead atoms. The lowest BCUT2D eigenvalue weighted by Gasteiger charge is -2.11. The van der Waals surface area contributed by atoms with Gasteiger partial charge >= 0.3 is 0 Å². The van der Waals surface area contributed by atoms with Gasteiger partial charge in [0.1, 0.15) is 0 Å². The van der Waals surface area contributed by atoms with E-state index in [9.17, 15) is 0 Å². The van der Waals surface area contributed by atoms with Gasteiger partial charge < -0.3 is 0 Å². The van der Waals surface area contributed by atoms with E-state index in [4.69, 9.17) is 0 Å². The van der Waals surface area contributed by atoms with Crippen molar-refractivity contribution in [2.45, 2.75) is 9.79 Å². The molecule has 0 spiro atoms. The smallest absolute Gasteiger partial charge is 0.0702 e. The molecule has 1 aliphatic rings. The fraction of sp³-hybridized carbons (Fsp3) is 0. The monoisotopic (exact) mass is 337 g/mol. The predicted octanol–water partition coefficient (Wildman–Crippen LogP) is 6.55. The first-order valence-corrected chi connectivity index (χ1v) is 9.14. The maximum Gasteiger partial charge on any atom is 0.0702 e. The van der Waals surface area contributed by atoms with Crippen LogP contribution in [0.5, 0.6) is 0 Å². The highest BCUT2D eigenvalue weighted by atomic mass is 32.2. The first-order chi connectivity index (χ1) is 12.4. The molecular weight excluding hydrogens is 322 g/mol. The predicted molar refractivity (Wildman–Crippen MR) is 105 cm³/mol. The molecule has 0 amide bonds. The number of benzene rings is 3. The average molecular weight is 337 g/mol. The van der Waals surface area contributed by atoms with Gasteiger partial charge in [-0.15, -0.1) is 0 Å². The summed E-state index contributed by atoms with van der Waals surface area (Å²) in [6, 6.07) is 30.0. The average Bonchev–Trinajstić information content (AvgIpc) is 2.83. The summed E-state index contributed by atoms with van der Waals surface area (Å²) in [4.78, 5) is 7.10. The first-order valence-electron chi connectivity index (χ1n) is 8.32. The third-order valence-electron chi connectivity index (χ3n) is 4.55. The molecule has 2 heterocycles. The van der Waals surface area contributed by atoms with E-state index >= 15 is 0 Å². The lowest BCUT2D eigenvalue weighted by Crippen LogP contribution is -1.87. The summed E-state index contributed by atoms with van der Waals surface area (Å²) in [7, 11) is 0. The van der Waals surface area contributed by atoms with Crippen molar-refractivity contribution in [1.82, 2.24) is 4.98 Å². The van der Waals surface area contributed by atoms with Crippen molar-refractivity contribution in [1.29, 1.82) is 0 Å². The Balaban J connectivity index is 1.78. The summed E-state index contributed by atoms with van der Waals surface area (Å²) in [6.07, 6.45) is 1.85. The van der Waals surface area contributed by atoms with E-state index in [-0.39, 0.29) is 0 Å². The van der Waals surface area contributed by atoms with E-state index in [2.05, 4.69) is 77.8 Å². The third-order valence-corrected chi connectivity index (χ3v) is 5.71. The number of nitrogens with zero attached hydrogens (tertiary/aromatic N) is 1. The van der Waals surface area contributed by atoms with Crippen LogP contribution in [0.25, 0.3) is 33.5 Å². The second kappa shape index (κ2) is 5.91. The van der Waals surface area contributed by atoms with Crippen LogP contribution in [0.3, 0.4) is 0 Å². The van der Waals surface area contributed by atoms with Crippen LogP contribution < -0.4 is 0 Å². The zero-order chi connectivity index (χ0) is 16.6. The van der Waals surface area contributed by atoms with Crippen LogP contribution in [-0.4, -0.2) is 4.98 Å². The van der Waals surface area contributed by atoms with Gasteiger partial charge in [-0.25, -0.2) is 0 Å². The largest absolute Gasteiger partial charge is 0.256 e. The van der Waals surface area contributed by atoms with Crippen LogP contribution in [0.1, 0.15) is 0 Å². The standard InChI is InChI=1S/C23H15NS/c1-2-8-18-17(7-1)19-9-3-4-11-22(19)25-23-13-12-16(15-20(18)23)21-10-5-6-14-24-21/h1-15H. The van der Waals surface area contributed by atoms with Gasteiger partial charge in [-0.2, -0.15) is 0 Å². The zero-order valence-electron chi connectivity index (χ0n) is 13.5. The molecule has 1 nitrogen and oxygen atoms in total. The lowest BCUT2D eigenvalue weighted by molar-refractivity contribution is 1.32. The summed E-state index contributed by atoms with van der Waals surface area (Å²) >= 11 is 1.84. The molecular formula is C23H15NS. The zero-order valence-corrected chi connectivity index (χ0v) is 14.3. The molecule has 118 valence electrons. The van der Waals surface area contributed by atoms with Gasteiger partial charge in [0.2, 0.25) is 0 Å². The highest BCUT2D eigenvalue weighted by molar-refractivity contribution is 7.99. The number of hydrogen-bond acceptors (Lipinski definition) is 2. The van der Waals surface area contributed by atoms with E-state index in [1.54, 1.807) is 0 Å². The fourth-order valence-electron chi connectivity index (χ4n) is 3.37. The summed E-state index contributed by atoms with van der Waals surface area (Å²) in [5.74, 6) is 0. The van der Waals surface area contributed by atoms with Gasteiger partial charge in [0.25, 0.3) is 0 Å². The molecule has 3 aromatic carbocycles. The molecule has 4 aromatic rings. The SMILES string of the molecule is c1ccc(-c2ccc3c(c2)-c2ccccc2-c2ccccc2S3)nc1. The Labute approximate surface area is 151 Å². The van der Waals surface area contributed by atoms with Crippen LogP contribution in [0.15, 0.2) is 101 Å². The van der Waals surface area contributed by atoms with Gasteiger partial charge in [0.05, 0.1) is 5.69 Å². The van der Waals surface area contributed by atoms with Gasteiger partial charge in [0, 0.05) is 21.6 Å². The third kappa shape index (κ3) is 2.46. The van der Waals surface area contributed by atoms with E-state index < -0.39 is 0 Å². The second-order valence-corrected chi connectivity index (χ2v) is 7.15. The molecule has 0 saturated heterocycles. The molecule has 0 radical (unpaired) electrons. The topological polar surface area (TPSA) is 12.9 Å². The summed E-state index contributed by atoms with van der Waals surface area (Å²) < 4.78 is 0. The van der Waals surface area contributed by atoms with Crippen molar-refractivity contribution in [2.75, 3.05) is 0 Å². The van der Waals surface area contributed by atoms with Gasteiger partial charge in [0.15, 0.2) is 0 Å². The molecule has 0 atom stereocenters. The number of hydrogen-bond donors (Lipinski definition) is 0. The Morgan fingerprint density at radius 2 is 1.24 bits per heavy atom. The second-order valence-electron chi connectivity index (χ2n) is 6.07. The van der Waals surface area contributed by atoms with E-state index in [1.807, 2.05) is 30.1 Å². The first kappa shape index (κ1) is 14.5. The van der Waals surface area contributed by atoms with Crippen LogP contribution in [0.4, 0.5) is 0 Å². The molecule has 0 N–H and O–H groups in total. The Kier molecular flexibility index (Phi) is 3.43. The molecule has 0 fully saturated rings. The van der Waals surface area contributed by atoms with Crippen LogP contribution in [0.2, 0.25) is 0 Å². The molecule has 1 aromatic heterocycles. The fourth-order valence-corrected chi connectivity index (χ4v) is 4.46. The van der Waals surface area contributed by atoms with Crippen molar-refractivity contribution >= 4 is 11.8 Å². The van der Waals surface area contributed by atoms with E-state index in [1.165, 1.54) is 32.0 Å². The van der Waals surface area contributed by atoms with Crippen molar-refractivity contribution < 1.29 is 0 Å². The minimum atomic E-state index is 1.01. The molecule has 0 unspecified atom stereocenters. The lowest BCUT2D eigenvalue weighted by atomic mass is 9.93. The molecule has 2 heteroatoms. The van der Waals surface area contributed by atoms with Crippen molar-refractivity contribution in [3.05, 3.63) is 91.1 Å². The molecule has 5 rings (SSSR count). The minimum absolute atomic E-state index is 1.01. The molecule has 1 aliphatic heterocycles. The molecule has 25 heavy (non-hydrogen) atoms. The summed E-state index contributed by atoms with van der Waals surface area (Å²) in [5.41, 5.74) is 7.32. The van der Waals surface area contributed by atoms with E-state index in [0.717, 1.165) is 11.3 Å². The van der Waals surface area contributed by atoms with Crippen LogP contribution >= 0.6 is 11.8 Å². The maximum atomic E-state index is 4.51. The Morgan fingerprint density at radius 3 is 2.04 bits per heavy atom. The number of fused-ring (bicyclic) bond motifs is 5. The van der Waals surface area contributed by atoms with Gasteiger partial charge in [-0.3, -0.25) is 4.98 Å². The summed E-state index contributed by atoms with van der Waals surface area (Å²) in [6.45, 7) is 0. The number of rotatable bonds is 1. The van der Waals surface area contributed by atoms with Crippen molar-refractivity contribution in [3.63, 3.8) is 0 Å². The van der Waals surface area contributed by atoms with Crippen LogP contribution in [0, 0.1) is 0 Å². The van der Waals surface area contributed by atoms with Crippen molar-refractivity contribution in [3.8, 4) is 33.5 Å². The Hall–Kier alpha value is -2.84. The number of aromatic nitrogens is 1. The normalized spacial score (nSPS) is 11.8. The summed E-state index contributed by atoms with van der Waals surface area (Å²) in [5, 5.41) is 0. The van der Waals surface area contributed by atoms with Gasteiger partial charge in [-0.1, -0.05) is 66.4 Å². The molecule has 0 saturated carbocycles. The van der Waals surface area contributed by atoms with Crippen molar-refractivity contribution in [2.24, 2.45) is 0 Å². The minimum Gasteiger partial charge on any atom is -0.256 e.